The molecule has 2 aliphatic rings. The number of hydrogen-bond acceptors (Lipinski definition) is 5. The Bertz CT molecular complexity index is 611. The van der Waals surface area contributed by atoms with Gasteiger partial charge in [0.2, 0.25) is 5.91 Å². The lowest BCUT2D eigenvalue weighted by Crippen LogP contribution is -2.61. The van der Waals surface area contributed by atoms with Gasteiger partial charge in [-0.2, -0.15) is 0 Å². The van der Waals surface area contributed by atoms with E-state index in [1.165, 1.54) is 11.8 Å². The minimum atomic E-state index is -1.37. The lowest BCUT2D eigenvalue weighted by atomic mass is 9.83. The zero-order valence-corrected chi connectivity index (χ0v) is 12.7. The van der Waals surface area contributed by atoms with E-state index in [2.05, 4.69) is 10.0 Å². The number of fused-ring (bicyclic) bond motifs is 1. The first-order chi connectivity index (χ1) is 10.4. The molecule has 0 bridgehead atoms. The van der Waals surface area contributed by atoms with Gasteiger partial charge in [-0.25, -0.2) is 4.79 Å². The maximum Gasteiger partial charge on any atom is 0.352 e. The van der Waals surface area contributed by atoms with Crippen LogP contribution in [-0.4, -0.2) is 61.4 Å². The fraction of sp³-hybridized carbons (Fsp3) is 0.667. The SMILES string of the molecule is CC(O)C1C(=O)N2C(C(=O)O)=C(CS(=O)CCN=[N+]=[N-])CC12. The van der Waals surface area contributed by atoms with E-state index < -0.39 is 34.7 Å². The molecule has 0 aromatic heterocycles. The normalized spacial score (nSPS) is 26.1. The van der Waals surface area contributed by atoms with E-state index in [9.17, 15) is 24.0 Å². The number of aliphatic hydroxyl groups excluding tert-OH is 1. The first-order valence-electron chi connectivity index (χ1n) is 6.70. The molecule has 2 N–H and O–H groups in total. The van der Waals surface area contributed by atoms with E-state index in [-0.39, 0.29) is 29.8 Å². The van der Waals surface area contributed by atoms with Crippen LogP contribution < -0.4 is 0 Å². The molecule has 10 heteroatoms. The van der Waals surface area contributed by atoms with Gasteiger partial charge in [0.25, 0.3) is 0 Å². The van der Waals surface area contributed by atoms with Crippen molar-refractivity contribution in [2.24, 2.45) is 11.0 Å². The third-order valence-corrected chi connectivity index (χ3v) is 5.15. The molecule has 22 heavy (non-hydrogen) atoms. The van der Waals surface area contributed by atoms with Crippen LogP contribution in [0.4, 0.5) is 0 Å². The third-order valence-electron chi connectivity index (χ3n) is 3.84. The zero-order valence-electron chi connectivity index (χ0n) is 11.9. The minimum absolute atomic E-state index is 0.0232. The molecule has 0 spiro atoms. The van der Waals surface area contributed by atoms with Gasteiger partial charge >= 0.3 is 5.97 Å². The third kappa shape index (κ3) is 2.85. The summed E-state index contributed by atoms with van der Waals surface area (Å²) in [4.78, 5) is 27.1. The summed E-state index contributed by atoms with van der Waals surface area (Å²) in [5, 5.41) is 22.2. The van der Waals surface area contributed by atoms with E-state index >= 15 is 0 Å². The molecule has 2 heterocycles. The number of carbonyl (C=O) groups excluding carboxylic acids is 1. The molecular weight excluding hydrogens is 312 g/mol. The zero-order chi connectivity index (χ0) is 16.4. The predicted octanol–water partition coefficient (Wildman–Crippen LogP) is -0.00440. The highest BCUT2D eigenvalue weighted by Gasteiger charge is 2.56. The number of carboxylic acid groups (broad SMARTS) is 1. The summed E-state index contributed by atoms with van der Waals surface area (Å²) < 4.78 is 11.9. The highest BCUT2D eigenvalue weighted by molar-refractivity contribution is 7.85. The molecule has 0 radical (unpaired) electrons. The standard InChI is InChI=1S/C12H16N4O5S/c1-6(17)9-8-4-7(5-22(21)3-2-14-15-13)10(12(19)20)16(8)11(9)18/h6,8-9,17H,2-5H2,1H3,(H,19,20). The van der Waals surface area contributed by atoms with Gasteiger partial charge in [-0.15, -0.1) is 0 Å². The van der Waals surface area contributed by atoms with Crippen LogP contribution in [0.15, 0.2) is 16.4 Å². The second-order valence-electron chi connectivity index (χ2n) is 5.25. The van der Waals surface area contributed by atoms with E-state index in [1.54, 1.807) is 0 Å². The number of carboxylic acids is 1. The Balaban J connectivity index is 2.13. The van der Waals surface area contributed by atoms with E-state index in [0.29, 0.717) is 12.0 Å². The van der Waals surface area contributed by atoms with Crippen molar-refractivity contribution in [3.63, 3.8) is 0 Å². The van der Waals surface area contributed by atoms with Crippen LogP contribution in [-0.2, 0) is 20.4 Å². The van der Waals surface area contributed by atoms with Crippen LogP contribution >= 0.6 is 0 Å². The van der Waals surface area contributed by atoms with Gasteiger partial charge in [-0.1, -0.05) is 5.11 Å². The molecule has 0 saturated carbocycles. The quantitative estimate of drug-likeness (QED) is 0.292. The predicted molar refractivity (Wildman–Crippen MR) is 77.0 cm³/mol. The smallest absolute Gasteiger partial charge is 0.352 e. The first kappa shape index (κ1) is 16.5. The lowest BCUT2D eigenvalue weighted by Gasteiger charge is -2.44. The van der Waals surface area contributed by atoms with E-state index in [0.717, 1.165) is 0 Å². The molecule has 0 aliphatic carbocycles. The number of β-lactam (4-membered cyclic amide) rings is 1. The van der Waals surface area contributed by atoms with Gasteiger partial charge in [0.15, 0.2) is 0 Å². The summed E-state index contributed by atoms with van der Waals surface area (Å²) in [6.45, 7) is 1.57. The van der Waals surface area contributed by atoms with Crippen LogP contribution in [0.1, 0.15) is 13.3 Å². The summed E-state index contributed by atoms with van der Waals surface area (Å²) in [6, 6.07) is -0.372. The lowest BCUT2D eigenvalue weighted by molar-refractivity contribution is -0.161. The average Bonchev–Trinajstić information content (AvgIpc) is 2.73. The van der Waals surface area contributed by atoms with Crippen LogP contribution in [0.3, 0.4) is 0 Å². The molecule has 1 amide bonds. The molecule has 0 aromatic carbocycles. The van der Waals surface area contributed by atoms with Crippen molar-refractivity contribution >= 4 is 22.7 Å². The highest BCUT2D eigenvalue weighted by Crippen LogP contribution is 2.43. The van der Waals surface area contributed by atoms with Crippen LogP contribution in [0.5, 0.6) is 0 Å². The second kappa shape index (κ2) is 6.47. The van der Waals surface area contributed by atoms with Crippen molar-refractivity contribution < 1.29 is 24.0 Å². The number of aliphatic hydroxyl groups is 1. The molecule has 2 aliphatic heterocycles. The summed E-state index contributed by atoms with van der Waals surface area (Å²) in [7, 11) is -1.37. The molecule has 0 aromatic rings. The number of nitrogens with zero attached hydrogens (tertiary/aromatic N) is 4. The van der Waals surface area contributed by atoms with Crippen molar-refractivity contribution in [2.45, 2.75) is 25.5 Å². The summed E-state index contributed by atoms with van der Waals surface area (Å²) in [6.07, 6.45) is -0.547. The van der Waals surface area contributed by atoms with Crippen molar-refractivity contribution in [1.82, 2.24) is 4.90 Å². The van der Waals surface area contributed by atoms with Gasteiger partial charge in [-0.3, -0.25) is 9.00 Å². The van der Waals surface area contributed by atoms with Gasteiger partial charge in [0, 0.05) is 33.8 Å². The fourth-order valence-electron chi connectivity index (χ4n) is 2.94. The topological polar surface area (TPSA) is 144 Å². The molecular formula is C12H16N4O5S. The van der Waals surface area contributed by atoms with Crippen LogP contribution in [0, 0.1) is 5.92 Å². The fourth-order valence-corrected chi connectivity index (χ4v) is 4.02. The van der Waals surface area contributed by atoms with Crippen molar-refractivity contribution in [3.05, 3.63) is 21.7 Å². The Morgan fingerprint density at radius 2 is 2.32 bits per heavy atom. The molecule has 1 saturated heterocycles. The Morgan fingerprint density at radius 1 is 1.64 bits per heavy atom. The summed E-state index contributed by atoms with van der Waals surface area (Å²) in [5.74, 6) is -2.09. The molecule has 9 nitrogen and oxygen atoms in total. The number of amides is 1. The molecule has 4 atom stereocenters. The van der Waals surface area contributed by atoms with Crippen molar-refractivity contribution in [2.75, 3.05) is 18.1 Å². The molecule has 1 fully saturated rings. The molecule has 120 valence electrons. The second-order valence-corrected chi connectivity index (χ2v) is 6.82. The minimum Gasteiger partial charge on any atom is -0.477 e. The number of azide groups is 1. The van der Waals surface area contributed by atoms with Crippen molar-refractivity contribution in [3.8, 4) is 0 Å². The highest BCUT2D eigenvalue weighted by atomic mass is 32.2. The first-order valence-corrected chi connectivity index (χ1v) is 8.19. The molecule has 2 rings (SSSR count). The number of aliphatic carboxylic acids is 1. The Kier molecular flexibility index (Phi) is 4.84. The van der Waals surface area contributed by atoms with Crippen molar-refractivity contribution in [1.29, 1.82) is 0 Å². The van der Waals surface area contributed by atoms with Crippen LogP contribution in [0.2, 0.25) is 0 Å². The van der Waals surface area contributed by atoms with Gasteiger partial charge in [0.1, 0.15) is 5.70 Å². The maximum atomic E-state index is 12.0. The van der Waals surface area contributed by atoms with Gasteiger partial charge in [-0.05, 0) is 24.4 Å². The Morgan fingerprint density at radius 3 is 2.86 bits per heavy atom. The largest absolute Gasteiger partial charge is 0.477 e. The van der Waals surface area contributed by atoms with Crippen LogP contribution in [0.25, 0.3) is 10.4 Å². The van der Waals surface area contributed by atoms with E-state index in [4.69, 9.17) is 5.53 Å². The maximum absolute atomic E-state index is 12.0. The Labute approximate surface area is 128 Å². The number of rotatable bonds is 7. The van der Waals surface area contributed by atoms with Gasteiger partial charge in [0.05, 0.1) is 18.1 Å². The van der Waals surface area contributed by atoms with E-state index in [1.807, 2.05) is 0 Å². The average molecular weight is 328 g/mol. The van der Waals surface area contributed by atoms with Gasteiger partial charge < -0.3 is 15.1 Å². The number of carbonyl (C=O) groups is 2. The monoisotopic (exact) mass is 328 g/mol. The number of hydrogen-bond donors (Lipinski definition) is 2. The summed E-state index contributed by atoms with van der Waals surface area (Å²) in [5.41, 5.74) is 8.49. The Hall–Kier alpha value is -1.90. The summed E-state index contributed by atoms with van der Waals surface area (Å²) >= 11 is 0. The molecule has 4 unspecified atom stereocenters.